The van der Waals surface area contributed by atoms with E-state index in [1.807, 2.05) is 0 Å². The lowest BCUT2D eigenvalue weighted by molar-refractivity contribution is 0.0369. The highest BCUT2D eigenvalue weighted by Gasteiger charge is 2.33. The number of alkyl halides is 1. The second-order valence-corrected chi connectivity index (χ2v) is 6.26. The molecule has 0 spiro atoms. The average molecular weight is 275 g/mol. The van der Waals surface area contributed by atoms with E-state index in [1.165, 1.54) is 25.7 Å². The summed E-state index contributed by atoms with van der Waals surface area (Å²) in [6.45, 7) is 8.45. The van der Waals surface area contributed by atoms with Gasteiger partial charge in [-0.2, -0.15) is 0 Å². The molecule has 18 heavy (non-hydrogen) atoms. The van der Waals surface area contributed by atoms with Gasteiger partial charge in [0.15, 0.2) is 0 Å². The molecule has 0 aromatic carbocycles. The summed E-state index contributed by atoms with van der Waals surface area (Å²) in [6.07, 6.45) is 5.16. The zero-order chi connectivity index (χ0) is 12.8. The van der Waals surface area contributed by atoms with E-state index in [0.29, 0.717) is 0 Å². The average Bonchev–Trinajstić information content (AvgIpc) is 2.40. The maximum atomic E-state index is 6.23. The van der Waals surface area contributed by atoms with Gasteiger partial charge < -0.3 is 10.1 Å². The number of ether oxygens (including phenoxy) is 1. The summed E-state index contributed by atoms with van der Waals surface area (Å²) in [5.74, 6) is 1.56. The van der Waals surface area contributed by atoms with Crippen LogP contribution in [0.5, 0.6) is 0 Å². The van der Waals surface area contributed by atoms with Crippen LogP contribution >= 0.6 is 11.6 Å². The standard InChI is InChI=1S/C14H27ClN2O/c1-13-3-2-4-14(11-13,12-15)16-5-6-17-7-9-18-10-8-17/h13,16H,2-12H2,1H3. The molecule has 2 rings (SSSR count). The van der Waals surface area contributed by atoms with E-state index >= 15 is 0 Å². The fourth-order valence-corrected chi connectivity index (χ4v) is 3.63. The number of nitrogens with one attached hydrogen (secondary N) is 1. The summed E-state index contributed by atoms with van der Waals surface area (Å²) in [6, 6.07) is 0. The van der Waals surface area contributed by atoms with E-state index in [4.69, 9.17) is 16.3 Å². The second-order valence-electron chi connectivity index (χ2n) is 6.00. The van der Waals surface area contributed by atoms with Gasteiger partial charge in [-0.3, -0.25) is 4.90 Å². The third-order valence-corrected chi connectivity index (χ3v) is 4.89. The van der Waals surface area contributed by atoms with Crippen LogP contribution in [0.25, 0.3) is 0 Å². The van der Waals surface area contributed by atoms with Crippen molar-refractivity contribution in [3.63, 3.8) is 0 Å². The third kappa shape index (κ3) is 4.09. The largest absolute Gasteiger partial charge is 0.379 e. The number of rotatable bonds is 5. The summed E-state index contributed by atoms with van der Waals surface area (Å²) in [7, 11) is 0. The molecule has 1 heterocycles. The zero-order valence-corrected chi connectivity index (χ0v) is 12.3. The van der Waals surface area contributed by atoms with Gasteiger partial charge in [-0.1, -0.05) is 19.8 Å². The molecule has 0 radical (unpaired) electrons. The summed E-state index contributed by atoms with van der Waals surface area (Å²) in [5.41, 5.74) is 0.200. The Kier molecular flexibility index (Phi) is 5.74. The molecular formula is C14H27ClN2O. The van der Waals surface area contributed by atoms with Gasteiger partial charge in [-0.25, -0.2) is 0 Å². The van der Waals surface area contributed by atoms with Crippen LogP contribution in [0, 0.1) is 5.92 Å². The lowest BCUT2D eigenvalue weighted by Gasteiger charge is -2.40. The van der Waals surface area contributed by atoms with Crippen molar-refractivity contribution in [2.75, 3.05) is 45.3 Å². The van der Waals surface area contributed by atoms with Gasteiger partial charge in [0.1, 0.15) is 0 Å². The van der Waals surface area contributed by atoms with Crippen molar-refractivity contribution in [2.24, 2.45) is 5.92 Å². The van der Waals surface area contributed by atoms with Crippen molar-refractivity contribution in [2.45, 2.75) is 38.1 Å². The molecule has 106 valence electrons. The lowest BCUT2D eigenvalue weighted by Crippen LogP contribution is -2.52. The van der Waals surface area contributed by atoms with Gasteiger partial charge >= 0.3 is 0 Å². The summed E-state index contributed by atoms with van der Waals surface area (Å²) < 4.78 is 5.37. The quantitative estimate of drug-likeness (QED) is 0.777. The summed E-state index contributed by atoms with van der Waals surface area (Å²) in [5, 5.41) is 3.75. The molecule has 2 atom stereocenters. The number of halogens is 1. The first-order valence-corrected chi connectivity index (χ1v) is 7.89. The Morgan fingerprint density at radius 3 is 2.83 bits per heavy atom. The number of nitrogens with zero attached hydrogens (tertiary/aromatic N) is 1. The molecule has 0 bridgehead atoms. The van der Waals surface area contributed by atoms with E-state index < -0.39 is 0 Å². The predicted octanol–water partition coefficient (Wildman–Crippen LogP) is 2.10. The maximum absolute atomic E-state index is 6.23. The Morgan fingerprint density at radius 2 is 2.17 bits per heavy atom. The van der Waals surface area contributed by atoms with E-state index in [9.17, 15) is 0 Å². The minimum absolute atomic E-state index is 0.200. The Balaban J connectivity index is 1.72. The maximum Gasteiger partial charge on any atom is 0.0594 e. The van der Waals surface area contributed by atoms with E-state index in [2.05, 4.69) is 17.1 Å². The fourth-order valence-electron chi connectivity index (χ4n) is 3.29. The minimum atomic E-state index is 0.200. The van der Waals surface area contributed by atoms with Gasteiger partial charge in [0, 0.05) is 37.6 Å². The van der Waals surface area contributed by atoms with Crippen molar-refractivity contribution in [1.82, 2.24) is 10.2 Å². The third-order valence-electron chi connectivity index (χ3n) is 4.38. The molecule has 1 aliphatic carbocycles. The summed E-state index contributed by atoms with van der Waals surface area (Å²) >= 11 is 6.23. The molecule has 2 unspecified atom stereocenters. The highest BCUT2D eigenvalue weighted by molar-refractivity contribution is 6.18. The van der Waals surface area contributed by atoms with Crippen LogP contribution in [-0.4, -0.2) is 55.7 Å². The van der Waals surface area contributed by atoms with Gasteiger partial charge in [0.2, 0.25) is 0 Å². The predicted molar refractivity (Wildman–Crippen MR) is 76.3 cm³/mol. The minimum Gasteiger partial charge on any atom is -0.379 e. The first-order valence-electron chi connectivity index (χ1n) is 7.35. The molecule has 4 heteroatoms. The highest BCUT2D eigenvalue weighted by atomic mass is 35.5. The Labute approximate surface area is 116 Å². The zero-order valence-electron chi connectivity index (χ0n) is 11.6. The van der Waals surface area contributed by atoms with Crippen LogP contribution in [0.15, 0.2) is 0 Å². The number of hydrogen-bond donors (Lipinski definition) is 1. The van der Waals surface area contributed by atoms with Gasteiger partial charge in [-0.05, 0) is 18.8 Å². The first-order chi connectivity index (χ1) is 8.74. The Morgan fingerprint density at radius 1 is 1.39 bits per heavy atom. The fraction of sp³-hybridized carbons (Fsp3) is 1.00. The summed E-state index contributed by atoms with van der Waals surface area (Å²) in [4.78, 5) is 2.48. The van der Waals surface area contributed by atoms with Crippen molar-refractivity contribution in [3.05, 3.63) is 0 Å². The molecule has 2 fully saturated rings. The monoisotopic (exact) mass is 274 g/mol. The van der Waals surface area contributed by atoms with Crippen LogP contribution in [0.3, 0.4) is 0 Å². The van der Waals surface area contributed by atoms with Crippen LogP contribution in [0.4, 0.5) is 0 Å². The number of hydrogen-bond acceptors (Lipinski definition) is 3. The van der Waals surface area contributed by atoms with Crippen LogP contribution in [-0.2, 0) is 4.74 Å². The van der Waals surface area contributed by atoms with Crippen molar-refractivity contribution in [1.29, 1.82) is 0 Å². The van der Waals surface area contributed by atoms with Crippen LogP contribution < -0.4 is 5.32 Å². The van der Waals surface area contributed by atoms with Crippen molar-refractivity contribution < 1.29 is 4.74 Å². The first kappa shape index (κ1) is 14.6. The molecule has 1 saturated carbocycles. The van der Waals surface area contributed by atoms with Gasteiger partial charge in [0.05, 0.1) is 13.2 Å². The number of morpholine rings is 1. The van der Waals surface area contributed by atoms with Crippen LogP contribution in [0.1, 0.15) is 32.6 Å². The van der Waals surface area contributed by atoms with E-state index in [0.717, 1.165) is 51.2 Å². The molecule has 0 aromatic heterocycles. The molecule has 1 aliphatic heterocycles. The molecule has 3 nitrogen and oxygen atoms in total. The van der Waals surface area contributed by atoms with Crippen molar-refractivity contribution >= 4 is 11.6 Å². The Bertz CT molecular complexity index is 246. The smallest absolute Gasteiger partial charge is 0.0594 e. The molecule has 1 N–H and O–H groups in total. The van der Waals surface area contributed by atoms with E-state index in [1.54, 1.807) is 0 Å². The lowest BCUT2D eigenvalue weighted by atomic mass is 9.77. The molecule has 1 saturated heterocycles. The second kappa shape index (κ2) is 7.09. The SMILES string of the molecule is CC1CCCC(CCl)(NCCN2CCOCC2)C1. The van der Waals surface area contributed by atoms with E-state index in [-0.39, 0.29) is 5.54 Å². The molecular weight excluding hydrogens is 248 g/mol. The van der Waals surface area contributed by atoms with Gasteiger partial charge in [-0.15, -0.1) is 11.6 Å². The molecule has 0 amide bonds. The normalized spacial score (nSPS) is 34.7. The van der Waals surface area contributed by atoms with Crippen molar-refractivity contribution in [3.8, 4) is 0 Å². The highest BCUT2D eigenvalue weighted by Crippen LogP contribution is 2.33. The van der Waals surface area contributed by atoms with Crippen LogP contribution in [0.2, 0.25) is 0 Å². The Hall–Kier alpha value is 0.170. The van der Waals surface area contributed by atoms with Gasteiger partial charge in [0.25, 0.3) is 0 Å². The molecule has 0 aromatic rings. The molecule has 2 aliphatic rings. The topological polar surface area (TPSA) is 24.5 Å².